The standard InChI is InChI=1S/C19H14ClN3OS3/c1-11-17(12-4-6-13(20)7-5-12)23-19(27-11)22-16(24)9-14-10-26-18(21-14)15-3-2-8-25-15/h2-8,10H,9H2,1H3,(H,22,23,24). The summed E-state index contributed by atoms with van der Waals surface area (Å²) in [5, 5.41) is 9.06. The highest BCUT2D eigenvalue weighted by Gasteiger charge is 2.14. The fraction of sp³-hybridized carbons (Fsp3) is 0.105. The maximum absolute atomic E-state index is 12.4. The third-order valence-corrected chi connectivity index (χ3v) is 6.85. The molecule has 1 amide bonds. The molecule has 0 radical (unpaired) electrons. The number of nitrogens with one attached hydrogen (secondary N) is 1. The Balaban J connectivity index is 1.44. The quantitative estimate of drug-likeness (QED) is 0.413. The third-order valence-electron chi connectivity index (χ3n) is 3.79. The lowest BCUT2D eigenvalue weighted by Gasteiger charge is -2.00. The Morgan fingerprint density at radius 1 is 1.15 bits per heavy atom. The number of thiophene rings is 1. The van der Waals surface area contributed by atoms with Crippen LogP contribution in [0.25, 0.3) is 21.1 Å². The summed E-state index contributed by atoms with van der Waals surface area (Å²) in [5.41, 5.74) is 2.61. The topological polar surface area (TPSA) is 54.9 Å². The van der Waals surface area contributed by atoms with E-state index >= 15 is 0 Å². The number of thiazole rings is 2. The van der Waals surface area contributed by atoms with Gasteiger partial charge in [0.05, 0.1) is 22.7 Å². The van der Waals surface area contributed by atoms with Crippen LogP contribution < -0.4 is 5.32 Å². The zero-order valence-electron chi connectivity index (χ0n) is 14.2. The number of halogens is 1. The summed E-state index contributed by atoms with van der Waals surface area (Å²) in [6.45, 7) is 1.99. The van der Waals surface area contributed by atoms with Crippen LogP contribution in [0.5, 0.6) is 0 Å². The highest BCUT2D eigenvalue weighted by atomic mass is 35.5. The van der Waals surface area contributed by atoms with Crippen LogP contribution in [-0.4, -0.2) is 15.9 Å². The van der Waals surface area contributed by atoms with E-state index in [9.17, 15) is 4.79 Å². The number of hydrogen-bond acceptors (Lipinski definition) is 6. The number of hydrogen-bond donors (Lipinski definition) is 1. The van der Waals surface area contributed by atoms with Crippen LogP contribution >= 0.6 is 45.6 Å². The minimum Gasteiger partial charge on any atom is -0.302 e. The number of aryl methyl sites for hydroxylation is 1. The van der Waals surface area contributed by atoms with Gasteiger partial charge in [0.15, 0.2) is 5.13 Å². The molecule has 1 N–H and O–H groups in total. The minimum absolute atomic E-state index is 0.116. The Morgan fingerprint density at radius 3 is 2.70 bits per heavy atom. The minimum atomic E-state index is -0.116. The number of amides is 1. The van der Waals surface area contributed by atoms with Gasteiger partial charge >= 0.3 is 0 Å². The predicted octanol–water partition coefficient (Wildman–Crippen LogP) is 6.14. The highest BCUT2D eigenvalue weighted by molar-refractivity contribution is 7.20. The number of carbonyl (C=O) groups excluding carboxylic acids is 1. The van der Waals surface area contributed by atoms with Crippen LogP contribution in [0.2, 0.25) is 5.02 Å². The lowest BCUT2D eigenvalue weighted by Crippen LogP contribution is -2.14. The summed E-state index contributed by atoms with van der Waals surface area (Å²) in [6, 6.07) is 11.6. The summed E-state index contributed by atoms with van der Waals surface area (Å²) < 4.78 is 0. The molecule has 0 saturated heterocycles. The van der Waals surface area contributed by atoms with Gasteiger partial charge in [0, 0.05) is 20.8 Å². The summed E-state index contributed by atoms with van der Waals surface area (Å²) in [5.74, 6) is -0.116. The van der Waals surface area contributed by atoms with Crippen molar-refractivity contribution in [3.8, 4) is 21.1 Å². The third kappa shape index (κ3) is 4.27. The molecule has 3 heterocycles. The summed E-state index contributed by atoms with van der Waals surface area (Å²) in [6.07, 6.45) is 0.233. The van der Waals surface area contributed by atoms with Gasteiger partial charge in [0.1, 0.15) is 5.01 Å². The zero-order valence-corrected chi connectivity index (χ0v) is 17.4. The molecule has 0 aliphatic carbocycles. The van der Waals surface area contributed by atoms with Crippen LogP contribution in [0.4, 0.5) is 5.13 Å². The molecule has 0 saturated carbocycles. The Bertz CT molecular complexity index is 1070. The van der Waals surface area contributed by atoms with Crippen molar-refractivity contribution in [3.05, 3.63) is 62.8 Å². The molecule has 27 heavy (non-hydrogen) atoms. The van der Waals surface area contributed by atoms with Crippen molar-refractivity contribution >= 4 is 56.7 Å². The van der Waals surface area contributed by atoms with E-state index in [1.165, 1.54) is 11.3 Å². The van der Waals surface area contributed by atoms with Crippen molar-refractivity contribution in [1.82, 2.24) is 9.97 Å². The Hall–Kier alpha value is -2.06. The number of benzene rings is 1. The first kappa shape index (κ1) is 18.3. The molecule has 0 aliphatic heterocycles. The highest BCUT2D eigenvalue weighted by Crippen LogP contribution is 2.31. The number of carbonyl (C=O) groups is 1. The van der Waals surface area contributed by atoms with Crippen LogP contribution in [-0.2, 0) is 11.2 Å². The van der Waals surface area contributed by atoms with Crippen molar-refractivity contribution in [3.63, 3.8) is 0 Å². The van der Waals surface area contributed by atoms with E-state index in [1.54, 1.807) is 22.7 Å². The van der Waals surface area contributed by atoms with E-state index < -0.39 is 0 Å². The van der Waals surface area contributed by atoms with E-state index in [-0.39, 0.29) is 12.3 Å². The first-order valence-electron chi connectivity index (χ1n) is 8.10. The monoisotopic (exact) mass is 431 g/mol. The smallest absolute Gasteiger partial charge is 0.232 e. The lowest BCUT2D eigenvalue weighted by atomic mass is 10.1. The average Bonchev–Trinajstić information content (AvgIpc) is 3.37. The molecule has 4 nitrogen and oxygen atoms in total. The number of rotatable bonds is 5. The molecule has 0 spiro atoms. The van der Waals surface area contributed by atoms with Crippen molar-refractivity contribution in [2.45, 2.75) is 13.3 Å². The molecular weight excluding hydrogens is 418 g/mol. The number of aromatic nitrogens is 2. The molecule has 0 bridgehead atoms. The fourth-order valence-electron chi connectivity index (χ4n) is 2.56. The SMILES string of the molecule is Cc1sc(NC(=O)Cc2csc(-c3cccs3)n2)nc1-c1ccc(Cl)cc1. The van der Waals surface area contributed by atoms with Crippen LogP contribution in [0.1, 0.15) is 10.6 Å². The average molecular weight is 432 g/mol. The molecule has 136 valence electrons. The molecule has 3 aromatic heterocycles. The largest absolute Gasteiger partial charge is 0.302 e. The molecule has 1 aromatic carbocycles. The lowest BCUT2D eigenvalue weighted by molar-refractivity contribution is -0.115. The van der Waals surface area contributed by atoms with E-state index in [4.69, 9.17) is 11.6 Å². The Kier molecular flexibility index (Phi) is 5.36. The van der Waals surface area contributed by atoms with E-state index in [2.05, 4.69) is 15.3 Å². The molecule has 0 fully saturated rings. The first-order valence-corrected chi connectivity index (χ1v) is 11.1. The number of nitrogens with zero attached hydrogens (tertiary/aromatic N) is 2. The normalized spacial score (nSPS) is 10.9. The van der Waals surface area contributed by atoms with Gasteiger partial charge in [-0.05, 0) is 30.5 Å². The summed E-state index contributed by atoms with van der Waals surface area (Å²) >= 11 is 10.6. The predicted molar refractivity (Wildman–Crippen MR) is 115 cm³/mol. The summed E-state index contributed by atoms with van der Waals surface area (Å²) in [7, 11) is 0. The van der Waals surface area contributed by atoms with Crippen molar-refractivity contribution < 1.29 is 4.79 Å². The van der Waals surface area contributed by atoms with Crippen molar-refractivity contribution in [2.75, 3.05) is 5.32 Å². The first-order chi connectivity index (χ1) is 13.1. The molecule has 8 heteroatoms. The fourth-order valence-corrected chi connectivity index (χ4v) is 5.17. The Morgan fingerprint density at radius 2 is 1.96 bits per heavy atom. The van der Waals surface area contributed by atoms with Crippen LogP contribution in [0.15, 0.2) is 47.2 Å². The van der Waals surface area contributed by atoms with E-state index in [0.29, 0.717) is 10.2 Å². The van der Waals surface area contributed by atoms with Crippen LogP contribution in [0, 0.1) is 6.92 Å². The zero-order chi connectivity index (χ0) is 18.8. The molecule has 0 atom stereocenters. The van der Waals surface area contributed by atoms with Gasteiger partial charge in [0.2, 0.25) is 5.91 Å². The maximum Gasteiger partial charge on any atom is 0.232 e. The van der Waals surface area contributed by atoms with Gasteiger partial charge in [-0.2, -0.15) is 0 Å². The van der Waals surface area contributed by atoms with Gasteiger partial charge in [-0.3, -0.25) is 4.79 Å². The van der Waals surface area contributed by atoms with Gasteiger partial charge in [-0.1, -0.05) is 29.8 Å². The van der Waals surface area contributed by atoms with Gasteiger partial charge in [-0.25, -0.2) is 9.97 Å². The second-order valence-corrected chi connectivity index (χ2v) is 9.22. The maximum atomic E-state index is 12.4. The van der Waals surface area contributed by atoms with Gasteiger partial charge in [0.25, 0.3) is 0 Å². The van der Waals surface area contributed by atoms with Crippen molar-refractivity contribution in [1.29, 1.82) is 0 Å². The molecule has 4 aromatic rings. The molecule has 4 rings (SSSR count). The molecule has 0 aliphatic rings. The van der Waals surface area contributed by atoms with Crippen LogP contribution in [0.3, 0.4) is 0 Å². The van der Waals surface area contributed by atoms with E-state index in [0.717, 1.165) is 31.7 Å². The second kappa shape index (κ2) is 7.90. The van der Waals surface area contributed by atoms with Gasteiger partial charge < -0.3 is 5.32 Å². The molecule has 0 unspecified atom stereocenters. The second-order valence-electron chi connectivity index (χ2n) is 5.78. The number of anilines is 1. The summed E-state index contributed by atoms with van der Waals surface area (Å²) in [4.78, 5) is 23.7. The van der Waals surface area contributed by atoms with E-state index in [1.807, 2.05) is 54.1 Å². The van der Waals surface area contributed by atoms with Gasteiger partial charge in [-0.15, -0.1) is 34.0 Å². The Labute approximate surface area is 173 Å². The molecular formula is C19H14ClN3OS3. The van der Waals surface area contributed by atoms with Crippen molar-refractivity contribution in [2.24, 2.45) is 0 Å².